The minimum absolute atomic E-state index is 0.0569. The second-order valence-corrected chi connectivity index (χ2v) is 9.39. The summed E-state index contributed by atoms with van der Waals surface area (Å²) in [6.45, 7) is 0.326. The zero-order valence-corrected chi connectivity index (χ0v) is 20.2. The third kappa shape index (κ3) is 2.83. The van der Waals surface area contributed by atoms with Crippen molar-refractivity contribution in [1.29, 1.82) is 5.26 Å². The Balaban J connectivity index is 1.50. The molecule has 0 fully saturated rings. The van der Waals surface area contributed by atoms with Gasteiger partial charge in [-0.2, -0.15) is 5.26 Å². The number of aromatic amines is 1. The number of para-hydroxylation sites is 1. The molecule has 38 heavy (non-hydrogen) atoms. The van der Waals surface area contributed by atoms with E-state index in [1.54, 1.807) is 4.90 Å². The normalized spacial score (nSPS) is 17.9. The fourth-order valence-corrected chi connectivity index (χ4v) is 5.86. The van der Waals surface area contributed by atoms with Gasteiger partial charge < -0.3 is 15.4 Å². The monoisotopic (exact) mass is 495 g/mol. The smallest absolute Gasteiger partial charge is 0.248 e. The standard InChI is InChI=1S/C31H21N5O2/c32-17-24-28(33)38-29-26(27(34-35-29)20-10-2-1-3-11-20)31(24)23-15-6-7-16-25(23)36(30(31)37)18-21-13-8-12-19-9-4-5-14-22(19)21/h1-16H,18,33H2,(H,34,35)/t31-/m0/s1. The number of rotatable bonds is 3. The Hall–Kier alpha value is -5.35. The average Bonchev–Trinajstić information content (AvgIpc) is 3.48. The number of hydrogen-bond donors (Lipinski definition) is 2. The summed E-state index contributed by atoms with van der Waals surface area (Å²) in [6.07, 6.45) is 0. The quantitative estimate of drug-likeness (QED) is 0.360. The number of nitrogens with zero attached hydrogens (tertiary/aromatic N) is 3. The topological polar surface area (TPSA) is 108 Å². The molecule has 1 atom stereocenters. The molecule has 0 radical (unpaired) electrons. The van der Waals surface area contributed by atoms with Crippen molar-refractivity contribution in [2.24, 2.45) is 5.73 Å². The number of nitrogens with one attached hydrogen (secondary N) is 1. The highest BCUT2D eigenvalue weighted by atomic mass is 16.5. The van der Waals surface area contributed by atoms with Crippen molar-refractivity contribution in [1.82, 2.24) is 10.2 Å². The number of benzene rings is 4. The molecule has 2 aliphatic rings. The molecular weight excluding hydrogens is 474 g/mol. The molecule has 7 heteroatoms. The molecule has 182 valence electrons. The van der Waals surface area contributed by atoms with Crippen LogP contribution in [-0.4, -0.2) is 16.1 Å². The Kier molecular flexibility index (Phi) is 4.66. The summed E-state index contributed by atoms with van der Waals surface area (Å²) >= 11 is 0. The lowest BCUT2D eigenvalue weighted by atomic mass is 9.68. The minimum atomic E-state index is -1.51. The van der Waals surface area contributed by atoms with E-state index < -0.39 is 5.41 Å². The van der Waals surface area contributed by atoms with E-state index >= 15 is 0 Å². The van der Waals surface area contributed by atoms with Gasteiger partial charge in [0.2, 0.25) is 17.7 Å². The number of nitriles is 1. The van der Waals surface area contributed by atoms with E-state index in [-0.39, 0.29) is 23.2 Å². The second-order valence-electron chi connectivity index (χ2n) is 9.39. The van der Waals surface area contributed by atoms with Crippen LogP contribution in [0.4, 0.5) is 5.69 Å². The van der Waals surface area contributed by atoms with E-state index in [1.165, 1.54) is 0 Å². The molecule has 3 N–H and O–H groups in total. The number of anilines is 1. The number of fused-ring (bicyclic) bond motifs is 5. The molecule has 0 aliphatic carbocycles. The van der Waals surface area contributed by atoms with E-state index in [9.17, 15) is 10.1 Å². The Labute approximate surface area is 218 Å². The van der Waals surface area contributed by atoms with Crippen LogP contribution in [0.3, 0.4) is 0 Å². The van der Waals surface area contributed by atoms with Crippen molar-refractivity contribution in [3.8, 4) is 23.2 Å². The number of aromatic nitrogens is 2. The summed E-state index contributed by atoms with van der Waals surface area (Å²) in [6, 6.07) is 33.6. The fraction of sp³-hybridized carbons (Fsp3) is 0.0645. The van der Waals surface area contributed by atoms with Crippen molar-refractivity contribution in [3.63, 3.8) is 0 Å². The maximum Gasteiger partial charge on any atom is 0.248 e. The van der Waals surface area contributed by atoms with Gasteiger partial charge in [-0.25, -0.2) is 0 Å². The van der Waals surface area contributed by atoms with Gasteiger partial charge >= 0.3 is 0 Å². The van der Waals surface area contributed by atoms with Gasteiger partial charge in [-0.1, -0.05) is 91.0 Å². The first-order valence-corrected chi connectivity index (χ1v) is 12.2. The largest absolute Gasteiger partial charge is 0.420 e. The van der Waals surface area contributed by atoms with Crippen molar-refractivity contribution in [2.75, 3.05) is 4.90 Å². The molecule has 0 saturated heterocycles. The van der Waals surface area contributed by atoms with E-state index in [2.05, 4.69) is 34.5 Å². The van der Waals surface area contributed by atoms with Crippen molar-refractivity contribution < 1.29 is 9.53 Å². The molecule has 7 nitrogen and oxygen atoms in total. The predicted octanol–water partition coefficient (Wildman–Crippen LogP) is 5.15. The summed E-state index contributed by atoms with van der Waals surface area (Å²) in [5.74, 6) is -0.203. The Bertz CT molecular complexity index is 1830. The third-order valence-corrected chi connectivity index (χ3v) is 7.48. The zero-order chi connectivity index (χ0) is 25.9. The van der Waals surface area contributed by atoms with Gasteiger partial charge in [-0.05, 0) is 22.4 Å². The molecule has 3 heterocycles. The summed E-state index contributed by atoms with van der Waals surface area (Å²) in [7, 11) is 0. The van der Waals surface area contributed by atoms with E-state index in [4.69, 9.17) is 10.5 Å². The number of H-pyrrole nitrogens is 1. The summed E-state index contributed by atoms with van der Waals surface area (Å²) < 4.78 is 5.82. The number of hydrogen-bond acceptors (Lipinski definition) is 5. The second kappa shape index (κ2) is 8.08. The molecule has 2 aliphatic heterocycles. The van der Waals surface area contributed by atoms with Gasteiger partial charge in [-0.15, -0.1) is 5.10 Å². The predicted molar refractivity (Wildman–Crippen MR) is 144 cm³/mol. The van der Waals surface area contributed by atoms with Gasteiger partial charge in [-0.3, -0.25) is 9.89 Å². The van der Waals surface area contributed by atoms with Gasteiger partial charge in [0.15, 0.2) is 0 Å². The SMILES string of the molecule is N#CC1=C(N)Oc2n[nH]c(-c3ccccc3)c2[C@@]12C(=O)N(Cc1cccc3ccccc13)c1ccccc12. The van der Waals surface area contributed by atoms with Crippen LogP contribution in [0.2, 0.25) is 0 Å². The lowest BCUT2D eigenvalue weighted by Crippen LogP contribution is -2.45. The number of carbonyl (C=O) groups excluding carboxylic acids is 1. The molecule has 7 rings (SSSR count). The first-order chi connectivity index (χ1) is 18.6. The summed E-state index contributed by atoms with van der Waals surface area (Å²) in [4.78, 5) is 16.6. The van der Waals surface area contributed by atoms with Crippen LogP contribution < -0.4 is 15.4 Å². The minimum Gasteiger partial charge on any atom is -0.420 e. The van der Waals surface area contributed by atoms with Gasteiger partial charge in [0, 0.05) is 16.8 Å². The van der Waals surface area contributed by atoms with E-state index in [1.807, 2.05) is 78.9 Å². The van der Waals surface area contributed by atoms with Gasteiger partial charge in [0.25, 0.3) is 0 Å². The molecule has 4 aromatic carbocycles. The number of amides is 1. The van der Waals surface area contributed by atoms with E-state index in [0.717, 1.165) is 27.6 Å². The lowest BCUT2D eigenvalue weighted by molar-refractivity contribution is -0.121. The van der Waals surface area contributed by atoms with Crippen LogP contribution in [0.5, 0.6) is 5.88 Å². The van der Waals surface area contributed by atoms with Gasteiger partial charge in [0.05, 0.1) is 17.8 Å². The van der Waals surface area contributed by atoms with Crippen molar-refractivity contribution >= 4 is 22.4 Å². The average molecular weight is 496 g/mol. The third-order valence-electron chi connectivity index (χ3n) is 7.48. The summed E-state index contributed by atoms with van der Waals surface area (Å²) in [5.41, 5.74) is 9.17. The number of carbonyl (C=O) groups is 1. The highest BCUT2D eigenvalue weighted by Gasteiger charge is 2.61. The van der Waals surface area contributed by atoms with Crippen LogP contribution in [-0.2, 0) is 16.8 Å². The lowest BCUT2D eigenvalue weighted by Gasteiger charge is -2.33. The Morgan fingerprint density at radius 3 is 2.53 bits per heavy atom. The molecule has 0 bridgehead atoms. The van der Waals surface area contributed by atoms with Gasteiger partial charge in [0.1, 0.15) is 17.1 Å². The molecular formula is C31H21N5O2. The maximum absolute atomic E-state index is 14.8. The summed E-state index contributed by atoms with van der Waals surface area (Å²) in [5, 5.41) is 20.0. The molecule has 0 unspecified atom stereocenters. The molecule has 0 saturated carbocycles. The van der Waals surface area contributed by atoms with Crippen molar-refractivity contribution in [2.45, 2.75) is 12.0 Å². The maximum atomic E-state index is 14.8. The highest BCUT2D eigenvalue weighted by Crippen LogP contribution is 2.57. The Morgan fingerprint density at radius 2 is 1.68 bits per heavy atom. The molecule has 1 spiro atoms. The van der Waals surface area contributed by atoms with Crippen LogP contribution in [0.1, 0.15) is 16.7 Å². The van der Waals surface area contributed by atoms with Crippen molar-refractivity contribution in [3.05, 3.63) is 125 Å². The molecule has 5 aromatic rings. The fourth-order valence-electron chi connectivity index (χ4n) is 5.86. The van der Waals surface area contributed by atoms with Crippen LogP contribution in [0.15, 0.2) is 109 Å². The van der Waals surface area contributed by atoms with Crippen LogP contribution >= 0.6 is 0 Å². The molecule has 1 aromatic heterocycles. The van der Waals surface area contributed by atoms with Crippen LogP contribution in [0, 0.1) is 11.3 Å². The first-order valence-electron chi connectivity index (χ1n) is 12.2. The first kappa shape index (κ1) is 21.9. The molecule has 1 amide bonds. The van der Waals surface area contributed by atoms with Crippen LogP contribution in [0.25, 0.3) is 22.0 Å². The highest BCUT2D eigenvalue weighted by molar-refractivity contribution is 6.15. The Morgan fingerprint density at radius 1 is 0.947 bits per heavy atom. The zero-order valence-electron chi connectivity index (χ0n) is 20.2. The number of ether oxygens (including phenoxy) is 1. The number of nitrogens with two attached hydrogens (primary N) is 1. The van der Waals surface area contributed by atoms with E-state index in [0.29, 0.717) is 23.4 Å².